The van der Waals surface area contributed by atoms with Gasteiger partial charge in [0.1, 0.15) is 0 Å². The van der Waals surface area contributed by atoms with Crippen LogP contribution in [0.1, 0.15) is 36.8 Å². The van der Waals surface area contributed by atoms with Crippen molar-refractivity contribution in [1.82, 2.24) is 5.32 Å². The second-order valence-electron chi connectivity index (χ2n) is 7.16. The molecule has 0 aromatic heterocycles. The highest BCUT2D eigenvalue weighted by Crippen LogP contribution is 2.43. The molecule has 4 rings (SSSR count). The Morgan fingerprint density at radius 1 is 1.11 bits per heavy atom. The Bertz CT molecular complexity index is 1060. The maximum atomic E-state index is 13.3. The molecule has 0 radical (unpaired) electrons. The summed E-state index contributed by atoms with van der Waals surface area (Å²) in [7, 11) is -2.54. The lowest BCUT2D eigenvalue weighted by molar-refractivity contribution is -0.117. The first kappa shape index (κ1) is 19.0. The smallest absolute Gasteiger partial charge is 0.270 e. The van der Waals surface area contributed by atoms with E-state index in [2.05, 4.69) is 5.32 Å². The lowest BCUT2D eigenvalue weighted by Crippen LogP contribution is -2.42. The van der Waals surface area contributed by atoms with Crippen LogP contribution in [0.4, 0.5) is 5.69 Å². The fraction of sp³-hybridized carbons (Fsp3) is 0.286. The molecule has 0 spiro atoms. The summed E-state index contributed by atoms with van der Waals surface area (Å²) in [4.78, 5) is 13.0. The van der Waals surface area contributed by atoms with Crippen LogP contribution >= 0.6 is 11.6 Å². The van der Waals surface area contributed by atoms with E-state index in [1.807, 2.05) is 30.3 Å². The Labute approximate surface area is 170 Å². The SMILES string of the molecule is CN1c2ccc(Cl)cc2C(c2ccccc2)=C(C(=O)NC2CCCC2)S1(=O)=O. The molecular weight excluding hydrogens is 396 g/mol. The van der Waals surface area contributed by atoms with Crippen molar-refractivity contribution in [3.05, 3.63) is 69.6 Å². The van der Waals surface area contributed by atoms with E-state index in [1.165, 1.54) is 7.05 Å². The molecule has 1 heterocycles. The van der Waals surface area contributed by atoms with Gasteiger partial charge in [-0.25, -0.2) is 8.42 Å². The van der Waals surface area contributed by atoms with Crippen LogP contribution in [0, 0.1) is 0 Å². The molecule has 1 aliphatic heterocycles. The Kier molecular flexibility index (Phi) is 4.93. The van der Waals surface area contributed by atoms with Gasteiger partial charge in [0.15, 0.2) is 4.91 Å². The van der Waals surface area contributed by atoms with Crippen molar-refractivity contribution < 1.29 is 13.2 Å². The van der Waals surface area contributed by atoms with E-state index in [1.54, 1.807) is 18.2 Å². The summed E-state index contributed by atoms with van der Waals surface area (Å²) in [5.41, 5.74) is 2.19. The van der Waals surface area contributed by atoms with Gasteiger partial charge in [0, 0.05) is 29.2 Å². The number of rotatable bonds is 3. The predicted octanol–water partition coefficient (Wildman–Crippen LogP) is 3.94. The molecule has 0 bridgehead atoms. The van der Waals surface area contributed by atoms with E-state index in [4.69, 9.17) is 11.6 Å². The van der Waals surface area contributed by atoms with Gasteiger partial charge < -0.3 is 5.32 Å². The summed E-state index contributed by atoms with van der Waals surface area (Å²) in [5, 5.41) is 3.42. The summed E-state index contributed by atoms with van der Waals surface area (Å²) in [5.74, 6) is -0.553. The van der Waals surface area contributed by atoms with Gasteiger partial charge in [0.05, 0.1) is 5.69 Å². The fourth-order valence-electron chi connectivity index (χ4n) is 3.94. The van der Waals surface area contributed by atoms with Crippen molar-refractivity contribution in [2.45, 2.75) is 31.7 Å². The Morgan fingerprint density at radius 3 is 2.46 bits per heavy atom. The van der Waals surface area contributed by atoms with Crippen molar-refractivity contribution >= 4 is 38.8 Å². The number of fused-ring (bicyclic) bond motifs is 1. The number of amides is 1. The molecule has 2 aliphatic rings. The van der Waals surface area contributed by atoms with Crippen LogP contribution in [0.5, 0.6) is 0 Å². The summed E-state index contributed by atoms with van der Waals surface area (Å²) < 4.78 is 27.8. The second kappa shape index (κ2) is 7.26. The molecule has 1 saturated carbocycles. The summed E-state index contributed by atoms with van der Waals surface area (Å²) in [6, 6.07) is 14.2. The number of anilines is 1. The molecule has 1 amide bonds. The number of hydrogen-bond acceptors (Lipinski definition) is 3. The fourth-order valence-corrected chi connectivity index (χ4v) is 5.59. The lowest BCUT2D eigenvalue weighted by atomic mass is 9.95. The van der Waals surface area contributed by atoms with Gasteiger partial charge in [0.25, 0.3) is 15.9 Å². The minimum atomic E-state index is -4.01. The normalized spacial score (nSPS) is 18.9. The van der Waals surface area contributed by atoms with E-state index in [0.717, 1.165) is 30.0 Å². The largest absolute Gasteiger partial charge is 0.349 e. The number of carbonyl (C=O) groups is 1. The van der Waals surface area contributed by atoms with Crippen molar-refractivity contribution in [2.24, 2.45) is 0 Å². The molecule has 1 aliphatic carbocycles. The highest BCUT2D eigenvalue weighted by Gasteiger charge is 2.40. The highest BCUT2D eigenvalue weighted by atomic mass is 35.5. The van der Waals surface area contributed by atoms with Crippen LogP contribution in [-0.4, -0.2) is 27.4 Å². The number of benzene rings is 2. The van der Waals surface area contributed by atoms with Crippen LogP contribution in [0.15, 0.2) is 53.4 Å². The highest BCUT2D eigenvalue weighted by molar-refractivity contribution is 7.97. The first-order chi connectivity index (χ1) is 13.4. The van der Waals surface area contributed by atoms with Gasteiger partial charge in [-0.15, -0.1) is 0 Å². The second-order valence-corrected chi connectivity index (χ2v) is 9.50. The first-order valence-electron chi connectivity index (χ1n) is 9.29. The van der Waals surface area contributed by atoms with Gasteiger partial charge in [-0.05, 0) is 36.6 Å². The Balaban J connectivity index is 1.97. The maximum Gasteiger partial charge on any atom is 0.270 e. The molecule has 0 atom stereocenters. The predicted molar refractivity (Wildman–Crippen MR) is 112 cm³/mol. The minimum Gasteiger partial charge on any atom is -0.349 e. The molecule has 146 valence electrons. The maximum absolute atomic E-state index is 13.3. The number of sulfonamides is 1. The van der Waals surface area contributed by atoms with Crippen LogP contribution in [-0.2, 0) is 14.8 Å². The van der Waals surface area contributed by atoms with E-state index in [9.17, 15) is 13.2 Å². The number of nitrogens with one attached hydrogen (secondary N) is 1. The van der Waals surface area contributed by atoms with Gasteiger partial charge >= 0.3 is 0 Å². The molecule has 2 aromatic carbocycles. The lowest BCUT2D eigenvalue weighted by Gasteiger charge is -2.31. The first-order valence-corrected chi connectivity index (χ1v) is 11.1. The molecule has 28 heavy (non-hydrogen) atoms. The molecule has 5 nitrogen and oxygen atoms in total. The zero-order chi connectivity index (χ0) is 19.9. The third-order valence-electron chi connectivity index (χ3n) is 5.37. The molecule has 1 N–H and O–H groups in total. The quantitative estimate of drug-likeness (QED) is 0.824. The summed E-state index contributed by atoms with van der Waals surface area (Å²) in [6.45, 7) is 0. The molecular formula is C21H21ClN2O3S. The van der Waals surface area contributed by atoms with E-state index >= 15 is 0 Å². The average Bonchev–Trinajstić information content (AvgIpc) is 3.18. The van der Waals surface area contributed by atoms with E-state index in [-0.39, 0.29) is 10.9 Å². The van der Waals surface area contributed by atoms with Gasteiger partial charge in [0.2, 0.25) is 0 Å². The number of carbonyl (C=O) groups excluding carboxylic acids is 1. The van der Waals surface area contributed by atoms with Crippen LogP contribution in [0.25, 0.3) is 5.57 Å². The van der Waals surface area contributed by atoms with Gasteiger partial charge in [-0.3, -0.25) is 9.10 Å². The van der Waals surface area contributed by atoms with Crippen LogP contribution in [0.2, 0.25) is 5.02 Å². The van der Waals surface area contributed by atoms with E-state index < -0.39 is 15.9 Å². The van der Waals surface area contributed by atoms with Gasteiger partial charge in [-0.1, -0.05) is 54.8 Å². The summed E-state index contributed by atoms with van der Waals surface area (Å²) in [6.07, 6.45) is 3.83. The number of halogens is 1. The van der Waals surface area contributed by atoms with Crippen molar-refractivity contribution in [1.29, 1.82) is 0 Å². The summed E-state index contributed by atoms with van der Waals surface area (Å²) >= 11 is 6.22. The molecule has 2 aromatic rings. The van der Waals surface area contributed by atoms with Crippen LogP contribution in [0.3, 0.4) is 0 Å². The Morgan fingerprint density at radius 2 is 1.79 bits per heavy atom. The monoisotopic (exact) mass is 416 g/mol. The van der Waals surface area contributed by atoms with Crippen LogP contribution < -0.4 is 9.62 Å². The van der Waals surface area contributed by atoms with Gasteiger partial charge in [-0.2, -0.15) is 0 Å². The van der Waals surface area contributed by atoms with Crippen molar-refractivity contribution in [3.63, 3.8) is 0 Å². The van der Waals surface area contributed by atoms with Crippen molar-refractivity contribution in [3.8, 4) is 0 Å². The zero-order valence-electron chi connectivity index (χ0n) is 15.5. The van der Waals surface area contributed by atoms with E-state index in [0.29, 0.717) is 27.4 Å². The Hall–Kier alpha value is -2.31. The van der Waals surface area contributed by atoms with Crippen molar-refractivity contribution in [2.75, 3.05) is 11.4 Å². The third-order valence-corrected chi connectivity index (χ3v) is 7.43. The number of nitrogens with zero attached hydrogens (tertiary/aromatic N) is 1. The molecule has 7 heteroatoms. The third kappa shape index (κ3) is 3.20. The number of hydrogen-bond donors (Lipinski definition) is 1. The standard InChI is InChI=1S/C21H21ClN2O3S/c1-24-18-12-11-15(22)13-17(18)19(14-7-3-2-4-8-14)20(28(24,26)27)21(25)23-16-9-5-6-10-16/h2-4,7-8,11-13,16H,5-6,9-10H2,1H3,(H,23,25). The minimum absolute atomic E-state index is 0.0123. The average molecular weight is 417 g/mol. The molecule has 0 unspecified atom stereocenters. The molecule has 0 saturated heterocycles. The molecule has 1 fully saturated rings. The zero-order valence-corrected chi connectivity index (χ0v) is 17.1. The topological polar surface area (TPSA) is 66.5 Å².